The number of hydrogen-bond donors (Lipinski definition) is 1. The van der Waals surface area contributed by atoms with Crippen LogP contribution in [0.3, 0.4) is 0 Å². The van der Waals surface area contributed by atoms with Gasteiger partial charge in [-0.2, -0.15) is 5.10 Å². The summed E-state index contributed by atoms with van der Waals surface area (Å²) >= 11 is 0. The summed E-state index contributed by atoms with van der Waals surface area (Å²) in [6.45, 7) is 4.16. The molecule has 2 amide bonds. The lowest BCUT2D eigenvalue weighted by atomic mass is 9.83. The third-order valence-corrected chi connectivity index (χ3v) is 7.17. The molecule has 0 aliphatic carbocycles. The Bertz CT molecular complexity index is 756. The van der Waals surface area contributed by atoms with E-state index in [0.29, 0.717) is 32.8 Å². The van der Waals surface area contributed by atoms with Crippen molar-refractivity contribution in [3.05, 3.63) is 17.5 Å². The molecule has 8 nitrogen and oxygen atoms in total. The van der Waals surface area contributed by atoms with Crippen LogP contribution in [-0.4, -0.2) is 77.3 Å². The minimum absolute atomic E-state index is 0.0209. The Hall–Kier alpha value is -1.93. The van der Waals surface area contributed by atoms with Gasteiger partial charge in [0.2, 0.25) is 5.91 Å². The summed E-state index contributed by atoms with van der Waals surface area (Å²) in [7, 11) is 0. The number of ether oxygens (including phenoxy) is 2. The fourth-order valence-corrected chi connectivity index (χ4v) is 5.39. The van der Waals surface area contributed by atoms with Crippen molar-refractivity contribution in [2.24, 2.45) is 5.92 Å². The molecule has 4 aliphatic rings. The number of rotatable bonds is 2. The number of piperidine rings is 2. The van der Waals surface area contributed by atoms with Gasteiger partial charge in [-0.3, -0.25) is 14.7 Å². The number of nitrogens with zero attached hydrogens (tertiary/aromatic N) is 3. The van der Waals surface area contributed by atoms with Gasteiger partial charge >= 0.3 is 0 Å². The predicted octanol–water partition coefficient (Wildman–Crippen LogP) is 1.22. The van der Waals surface area contributed by atoms with Crippen LogP contribution in [0.15, 0.2) is 6.20 Å². The maximum atomic E-state index is 13.1. The zero-order valence-corrected chi connectivity index (χ0v) is 16.9. The van der Waals surface area contributed by atoms with Gasteiger partial charge < -0.3 is 19.3 Å². The summed E-state index contributed by atoms with van der Waals surface area (Å²) in [5.74, 6) is 0.371. The van der Waals surface area contributed by atoms with Gasteiger partial charge in [0.1, 0.15) is 11.7 Å². The third-order valence-electron chi connectivity index (χ3n) is 7.17. The number of fused-ring (bicyclic) bond motifs is 2. The molecule has 1 aromatic rings. The van der Waals surface area contributed by atoms with E-state index >= 15 is 0 Å². The fourth-order valence-electron chi connectivity index (χ4n) is 5.39. The van der Waals surface area contributed by atoms with Gasteiger partial charge in [-0.25, -0.2) is 0 Å². The van der Waals surface area contributed by atoms with Gasteiger partial charge in [-0.15, -0.1) is 0 Å². The monoisotopic (exact) mass is 402 g/mol. The molecule has 1 aromatic heterocycles. The Labute approximate surface area is 170 Å². The maximum Gasteiger partial charge on any atom is 0.251 e. The summed E-state index contributed by atoms with van der Waals surface area (Å²) in [6.07, 6.45) is 7.46. The van der Waals surface area contributed by atoms with Gasteiger partial charge in [0.25, 0.3) is 5.91 Å². The highest BCUT2D eigenvalue weighted by Crippen LogP contribution is 2.40. The van der Waals surface area contributed by atoms with Crippen LogP contribution < -0.4 is 0 Å². The number of aromatic amines is 1. The van der Waals surface area contributed by atoms with Crippen LogP contribution in [0.4, 0.5) is 0 Å². The van der Waals surface area contributed by atoms with E-state index in [1.165, 1.54) is 5.56 Å². The highest BCUT2D eigenvalue weighted by Gasteiger charge is 2.44. The zero-order chi connectivity index (χ0) is 19.8. The molecule has 158 valence electrons. The molecule has 0 bridgehead atoms. The van der Waals surface area contributed by atoms with Crippen LogP contribution in [0, 0.1) is 5.92 Å². The van der Waals surface area contributed by atoms with E-state index < -0.39 is 0 Å². The average Bonchev–Trinajstić information content (AvgIpc) is 3.46. The number of carbonyl (C=O) groups is 2. The van der Waals surface area contributed by atoms with E-state index in [9.17, 15) is 9.59 Å². The van der Waals surface area contributed by atoms with Crippen LogP contribution in [0.25, 0.3) is 0 Å². The second-order valence-corrected chi connectivity index (χ2v) is 8.79. The molecular weight excluding hydrogens is 372 g/mol. The number of carbonyl (C=O) groups excluding carboxylic acids is 2. The van der Waals surface area contributed by atoms with Gasteiger partial charge in [-0.05, 0) is 50.5 Å². The number of amides is 2. The molecule has 8 heteroatoms. The van der Waals surface area contributed by atoms with Crippen molar-refractivity contribution in [1.29, 1.82) is 0 Å². The first-order chi connectivity index (χ1) is 14.2. The topological polar surface area (TPSA) is 87.8 Å². The normalized spacial score (nSPS) is 27.2. The molecule has 1 atom stereocenters. The van der Waals surface area contributed by atoms with Crippen molar-refractivity contribution in [2.75, 3.05) is 39.4 Å². The highest BCUT2D eigenvalue weighted by atomic mass is 16.5. The second-order valence-electron chi connectivity index (χ2n) is 8.79. The van der Waals surface area contributed by atoms with E-state index in [4.69, 9.17) is 9.47 Å². The maximum absolute atomic E-state index is 13.1. The van der Waals surface area contributed by atoms with Crippen LogP contribution in [0.2, 0.25) is 0 Å². The average molecular weight is 402 g/mol. The lowest BCUT2D eigenvalue weighted by Crippen LogP contribution is -2.51. The zero-order valence-electron chi connectivity index (χ0n) is 16.9. The molecule has 5 heterocycles. The Morgan fingerprint density at radius 1 is 1.03 bits per heavy atom. The molecule has 1 N–H and O–H groups in total. The van der Waals surface area contributed by atoms with E-state index in [0.717, 1.165) is 57.2 Å². The predicted molar refractivity (Wildman–Crippen MR) is 104 cm³/mol. The molecular formula is C21H30N4O4. The van der Waals surface area contributed by atoms with Gasteiger partial charge in [-0.1, -0.05) is 0 Å². The molecule has 29 heavy (non-hydrogen) atoms. The molecule has 0 radical (unpaired) electrons. The summed E-state index contributed by atoms with van der Waals surface area (Å²) in [6, 6.07) is 0. The second kappa shape index (κ2) is 7.72. The van der Waals surface area contributed by atoms with Crippen LogP contribution >= 0.6 is 0 Å². The van der Waals surface area contributed by atoms with Crippen molar-refractivity contribution in [2.45, 2.75) is 56.7 Å². The lowest BCUT2D eigenvalue weighted by molar-refractivity contribution is -0.150. The standard InChI is InChI=1S/C21H30N4O4/c26-19(15-3-8-24(9-4-15)20(27)17-2-1-12-28-17)25-10-6-21(7-11-25)18-16(5-13-29-21)14-22-23-18/h14-15,17H,1-13H2,(H,22,23). The van der Waals surface area contributed by atoms with Crippen LogP contribution in [0.5, 0.6) is 0 Å². The number of hydrogen-bond acceptors (Lipinski definition) is 5. The van der Waals surface area contributed by atoms with E-state index in [1.54, 1.807) is 0 Å². The summed E-state index contributed by atoms with van der Waals surface area (Å²) < 4.78 is 11.7. The molecule has 1 unspecified atom stereocenters. The van der Waals surface area contributed by atoms with Crippen molar-refractivity contribution in [1.82, 2.24) is 20.0 Å². The largest absolute Gasteiger partial charge is 0.368 e. The molecule has 5 rings (SSSR count). The van der Waals surface area contributed by atoms with Gasteiger partial charge in [0.05, 0.1) is 18.5 Å². The molecule has 3 saturated heterocycles. The van der Waals surface area contributed by atoms with Gasteiger partial charge in [0.15, 0.2) is 0 Å². The Morgan fingerprint density at radius 2 is 1.79 bits per heavy atom. The Balaban J connectivity index is 1.15. The summed E-state index contributed by atoms with van der Waals surface area (Å²) in [4.78, 5) is 29.5. The van der Waals surface area contributed by atoms with Crippen molar-refractivity contribution in [3.63, 3.8) is 0 Å². The summed E-state index contributed by atoms with van der Waals surface area (Å²) in [5.41, 5.74) is 2.05. The SMILES string of the molecule is O=C(C1CCN(C(=O)C2CCCO2)CC1)N1CCC2(CC1)OCCc1cn[nH]c12. The first-order valence-electron chi connectivity index (χ1n) is 11.0. The number of likely N-dealkylation sites (tertiary alicyclic amines) is 2. The molecule has 1 spiro atoms. The minimum Gasteiger partial charge on any atom is -0.368 e. The smallest absolute Gasteiger partial charge is 0.251 e. The minimum atomic E-state index is -0.308. The first-order valence-corrected chi connectivity index (χ1v) is 11.0. The van der Waals surface area contributed by atoms with Crippen LogP contribution in [-0.2, 0) is 31.1 Å². The molecule has 0 saturated carbocycles. The number of H-pyrrole nitrogens is 1. The quantitative estimate of drug-likeness (QED) is 0.804. The molecule has 0 aromatic carbocycles. The molecule has 3 fully saturated rings. The lowest BCUT2D eigenvalue weighted by Gasteiger charge is -2.44. The number of aromatic nitrogens is 2. The highest BCUT2D eigenvalue weighted by molar-refractivity contribution is 5.82. The molecule has 4 aliphatic heterocycles. The van der Waals surface area contributed by atoms with E-state index in [1.807, 2.05) is 16.0 Å². The van der Waals surface area contributed by atoms with Crippen LogP contribution in [0.1, 0.15) is 49.8 Å². The van der Waals surface area contributed by atoms with Crippen molar-refractivity contribution >= 4 is 11.8 Å². The fraction of sp³-hybridized carbons (Fsp3) is 0.762. The Kier molecular flexibility index (Phi) is 5.07. The first kappa shape index (κ1) is 19.1. The van der Waals surface area contributed by atoms with Gasteiger partial charge in [0, 0.05) is 38.7 Å². The Morgan fingerprint density at radius 3 is 2.52 bits per heavy atom. The summed E-state index contributed by atoms with van der Waals surface area (Å²) in [5, 5.41) is 7.34. The number of nitrogens with one attached hydrogen (secondary N) is 1. The third kappa shape index (κ3) is 3.46. The van der Waals surface area contributed by atoms with Crippen molar-refractivity contribution in [3.8, 4) is 0 Å². The van der Waals surface area contributed by atoms with Crippen molar-refractivity contribution < 1.29 is 19.1 Å². The van der Waals surface area contributed by atoms with E-state index in [2.05, 4.69) is 10.2 Å². The van der Waals surface area contributed by atoms with E-state index in [-0.39, 0.29) is 29.4 Å².